The lowest BCUT2D eigenvalue weighted by molar-refractivity contribution is -0.412. The Kier molecular flexibility index (Phi) is 75.2. The van der Waals surface area contributed by atoms with E-state index in [1.807, 2.05) is 0 Å². The highest BCUT2D eigenvalue weighted by molar-refractivity contribution is 6.13. The molecule has 0 radical (unpaired) electrons. The molecule has 0 unspecified atom stereocenters. The summed E-state index contributed by atoms with van der Waals surface area (Å²) in [5.41, 5.74) is 10.9. The molecule has 0 aliphatic carbocycles. The SMILES string of the molecule is CC(C)(C)OC(=O)NCCCC[C@H](NC(=O)OC(C)(C)C)C(=O)O.CC(C)(C)OC(=O)NCCCC[C@H](NC(=O)OC(C)(C)C)C(=O)OCCNC(=O)OC(C)(C)C.CC(C)(C)OC(=O)NCCO.CC(C)(C)OC(=O)OC(=O)OC(C)(C)C.Cl.NCCCC[C@H]([NH3+])C(=O)O.[Cl-].[Cl-].[Cl-].[NH3+]CCOC(=O)[C@@H]([NH3+])CCCCNCl. The van der Waals surface area contributed by atoms with Crippen molar-refractivity contribution in [1.29, 1.82) is 0 Å². The molecule has 0 aromatic carbocycles. The van der Waals surface area contributed by atoms with Crippen LogP contribution < -0.4 is 96.9 Å². The van der Waals surface area contributed by atoms with E-state index in [0.717, 1.165) is 38.6 Å². The topological polar surface area (TPSA) is 560 Å². The number of rotatable bonds is 32. The van der Waals surface area contributed by atoms with E-state index in [1.54, 1.807) is 166 Å². The second kappa shape index (κ2) is 66.7. The summed E-state index contributed by atoms with van der Waals surface area (Å²) in [6, 6.07) is -2.71. The molecule has 0 aliphatic rings. The first-order valence-corrected chi connectivity index (χ1v) is 36.3. The van der Waals surface area contributed by atoms with E-state index in [1.165, 1.54) is 0 Å². The molecule has 0 bridgehead atoms. The molecule has 6 amide bonds. The Hall–Kier alpha value is -6.55. The number of aliphatic carboxylic acids is 2. The van der Waals surface area contributed by atoms with Gasteiger partial charge < -0.3 is 159 Å². The average Bonchev–Trinajstić information content (AvgIpc) is 0.916. The van der Waals surface area contributed by atoms with Crippen LogP contribution in [0.5, 0.6) is 0 Å². The number of carbonyl (C=O) groups excluding carboxylic acids is 10. The number of aliphatic hydroxyl groups is 1. The monoisotopic (exact) mass is 1730 g/mol. The quantitative estimate of drug-likeness (QED) is 0.0116. The fourth-order valence-electron chi connectivity index (χ4n) is 6.81. The number of carboxylic acids is 2. The molecule has 0 heterocycles. The molecule has 4 atom stereocenters. The van der Waals surface area contributed by atoms with E-state index < -0.39 is 130 Å². The van der Waals surface area contributed by atoms with Crippen molar-refractivity contribution in [2.45, 2.75) is 312 Å². The minimum Gasteiger partial charge on any atom is -1.00 e. The van der Waals surface area contributed by atoms with E-state index in [2.05, 4.69) is 58.7 Å². The smallest absolute Gasteiger partial charge is 0.519 e. The fourth-order valence-corrected chi connectivity index (χ4v) is 6.95. The van der Waals surface area contributed by atoms with Crippen LogP contribution in [-0.4, -0.2) is 223 Å². The maximum absolute atomic E-state index is 12.5. The summed E-state index contributed by atoms with van der Waals surface area (Å²) in [5, 5.41) is 40.8. The number of ether oxygens (including phenoxy) is 11. The molecule has 37 nitrogen and oxygen atoms in total. The number of carbonyl (C=O) groups is 12. The summed E-state index contributed by atoms with van der Waals surface area (Å²) in [7, 11) is 0. The van der Waals surface area contributed by atoms with Crippen molar-refractivity contribution in [1.82, 2.24) is 36.7 Å². The zero-order valence-electron chi connectivity index (χ0n) is 70.7. The lowest BCUT2D eigenvalue weighted by Crippen LogP contribution is -3.00. The molecule has 0 spiro atoms. The number of carboxylic acid groups (broad SMARTS) is 2. The van der Waals surface area contributed by atoms with Gasteiger partial charge >= 0.3 is 72.7 Å². The number of alkyl carbamates (subject to hydrolysis) is 6. The Morgan fingerprint density at radius 2 is 0.670 bits per heavy atom. The maximum Gasteiger partial charge on any atom is 0.519 e. The van der Waals surface area contributed by atoms with E-state index in [0.29, 0.717) is 64.9 Å². The molecule has 0 aromatic heterocycles. The second-order valence-electron chi connectivity index (χ2n) is 31.8. The van der Waals surface area contributed by atoms with Gasteiger partial charge in [-0.25, -0.2) is 62.4 Å². The predicted molar refractivity (Wildman–Crippen MR) is 408 cm³/mol. The summed E-state index contributed by atoms with van der Waals surface area (Å²) in [6.45, 7) is 44.7. The van der Waals surface area contributed by atoms with Gasteiger partial charge in [0, 0.05) is 39.0 Å². The van der Waals surface area contributed by atoms with Crippen molar-refractivity contribution in [3.05, 3.63) is 0 Å². The van der Waals surface area contributed by atoms with Gasteiger partial charge in [0.2, 0.25) is 0 Å². The maximum atomic E-state index is 12.5. The van der Waals surface area contributed by atoms with Gasteiger partial charge in [-0.2, -0.15) is 0 Å². The van der Waals surface area contributed by atoms with E-state index >= 15 is 0 Å². The van der Waals surface area contributed by atoms with E-state index in [-0.39, 0.29) is 101 Å². The van der Waals surface area contributed by atoms with Gasteiger partial charge in [-0.15, -0.1) is 12.4 Å². The molecule has 0 saturated heterocycles. The molecule has 42 heteroatoms. The van der Waals surface area contributed by atoms with Crippen LogP contribution in [0, 0.1) is 0 Å². The van der Waals surface area contributed by atoms with Gasteiger partial charge in [0.25, 0.3) is 0 Å². The van der Waals surface area contributed by atoms with Crippen molar-refractivity contribution < 1.29 is 179 Å². The van der Waals surface area contributed by atoms with Gasteiger partial charge in [-0.1, -0.05) is 0 Å². The molecule has 0 saturated carbocycles. The molecule has 0 aliphatic heterocycles. The number of nitrogens with one attached hydrogen (secondary N) is 7. The van der Waals surface area contributed by atoms with Crippen molar-refractivity contribution in [2.75, 3.05) is 65.6 Å². The average molecular weight is 1730 g/mol. The molecule has 0 aromatic rings. The number of amides is 6. The van der Waals surface area contributed by atoms with E-state index in [4.69, 9.17) is 80.2 Å². The first kappa shape index (κ1) is 126. The van der Waals surface area contributed by atoms with Crippen LogP contribution in [0.3, 0.4) is 0 Å². The second-order valence-corrected chi connectivity index (χ2v) is 32.0. The van der Waals surface area contributed by atoms with Crippen LogP contribution in [-0.2, 0) is 71.3 Å². The van der Waals surface area contributed by atoms with Gasteiger partial charge in [-0.3, -0.25) is 0 Å². The number of halogens is 5. The fraction of sp³-hybridized carbons (Fsp3) is 0.829. The number of hydrogen-bond donors (Lipinski definition) is 14. The standard InChI is InChI=1S/C23H43N3O8.C16H30N2O6.C10H18O5.C8H18ClN3O2.C7H15NO3.C6H14N2O2.4ClH/c1-21(2,3)32-18(28)24-13-11-10-12-16(26-20(30)34-23(7,8)9)17(27)31-15-14-25-19(29)33-22(4,5)6;1-15(2,3)23-13(21)17-10-8-7-9-11(12(19)20)18-14(22)24-16(4,5)6;1-9(2,3)14-7(11)13-8(12)15-10(4,5)6;9-12-5-2-1-3-7(11)8(13)14-6-4-10;1-7(2,3)11-6(10)8-4-5-9;7-4-2-1-3-5(8)6(9)10;;;;/h16H,10-15H2,1-9H3,(H,24,28)(H,25,29)(H,26,30);11H,7-10H2,1-6H3,(H,17,21)(H,18,22)(H,19,20);1-6H3;7,12H,1-6,10-11H2;9H,4-5H2,1-3H3,(H,8,10);5H,1-4,7-8H2,(H,9,10);4*1H/t16-;11-;;7-;;5-;;;;/m00.0.0..../s1. The van der Waals surface area contributed by atoms with Crippen LogP contribution in [0.4, 0.5) is 38.4 Å². The zero-order valence-corrected chi connectivity index (χ0v) is 74.6. The minimum absolute atomic E-state index is 0. The predicted octanol–water partition coefficient (Wildman–Crippen LogP) is -1.78. The molecule has 668 valence electrons. The number of unbranched alkanes of at least 4 members (excludes halogenated alkanes) is 4. The Balaban J connectivity index is -0.000000146. The van der Waals surface area contributed by atoms with Gasteiger partial charge in [-0.05, 0) is 249 Å². The van der Waals surface area contributed by atoms with Crippen LogP contribution in [0.2, 0.25) is 0 Å². The lowest BCUT2D eigenvalue weighted by atomic mass is 10.1. The lowest BCUT2D eigenvalue weighted by Gasteiger charge is -2.23. The minimum atomic E-state index is -1.12. The first-order valence-electron chi connectivity index (χ1n) is 35.9. The summed E-state index contributed by atoms with van der Waals surface area (Å²) in [6.07, 6.45) is 1.89. The van der Waals surface area contributed by atoms with Crippen molar-refractivity contribution in [2.24, 2.45) is 5.73 Å². The Morgan fingerprint density at radius 1 is 0.375 bits per heavy atom. The largest absolute Gasteiger partial charge is 1.00 e. The first-order chi connectivity index (χ1) is 49.0. The van der Waals surface area contributed by atoms with Crippen molar-refractivity contribution in [3.8, 4) is 0 Å². The van der Waals surface area contributed by atoms with Crippen LogP contribution in [0.25, 0.3) is 0 Å². The highest BCUT2D eigenvalue weighted by atomic mass is 35.5. The number of aliphatic hydroxyl groups excluding tert-OH is 1. The molecule has 112 heavy (non-hydrogen) atoms. The molecular weight excluding hydrogens is 1590 g/mol. The van der Waals surface area contributed by atoms with Gasteiger partial charge in [0.05, 0.1) is 13.2 Å². The van der Waals surface area contributed by atoms with Gasteiger partial charge in [0.15, 0.2) is 12.1 Å². The highest BCUT2D eigenvalue weighted by Gasteiger charge is 2.29. The van der Waals surface area contributed by atoms with E-state index in [9.17, 15) is 57.5 Å². The Labute approximate surface area is 693 Å². The van der Waals surface area contributed by atoms with Crippen molar-refractivity contribution >= 4 is 96.9 Å². The Morgan fingerprint density at radius 3 is 0.991 bits per heavy atom. The molecule has 21 N–H and O–H groups in total. The number of hydrogen-bond acceptors (Lipinski definition) is 26. The highest BCUT2D eigenvalue weighted by Crippen LogP contribution is 2.15. The third-order valence-corrected chi connectivity index (χ3v) is 11.2. The van der Waals surface area contributed by atoms with Crippen LogP contribution in [0.15, 0.2) is 0 Å². The molecular formula is C70H142Cl5N11O26. The number of esters is 2. The third-order valence-electron chi connectivity index (χ3n) is 11.0. The van der Waals surface area contributed by atoms with Gasteiger partial charge in [0.1, 0.15) is 76.7 Å². The van der Waals surface area contributed by atoms with Crippen LogP contribution in [0.1, 0.15) is 243 Å². The Bertz CT molecular complexity index is 2570. The normalized spacial score (nSPS) is 12.0. The number of quaternary nitrogens is 3. The number of nitrogens with two attached hydrogens (primary N) is 1. The van der Waals surface area contributed by atoms with Crippen molar-refractivity contribution in [3.63, 3.8) is 0 Å². The van der Waals surface area contributed by atoms with Crippen LogP contribution >= 0.6 is 24.2 Å². The summed E-state index contributed by atoms with van der Waals surface area (Å²) < 4.78 is 54.4. The summed E-state index contributed by atoms with van der Waals surface area (Å²) in [5.74, 6) is -2.83. The third kappa shape index (κ3) is 101. The summed E-state index contributed by atoms with van der Waals surface area (Å²) in [4.78, 5) is 139. The molecule has 0 fully saturated rings. The molecule has 0 rings (SSSR count). The zero-order chi connectivity index (χ0) is 85.5. The summed E-state index contributed by atoms with van der Waals surface area (Å²) >= 11 is 5.28.